The van der Waals surface area contributed by atoms with E-state index in [0.29, 0.717) is 0 Å². The van der Waals surface area contributed by atoms with Crippen molar-refractivity contribution in [2.75, 3.05) is 11.5 Å². The maximum Gasteiger partial charge on any atom is 0.113 e. The molecule has 2 heterocycles. The highest BCUT2D eigenvalue weighted by molar-refractivity contribution is 8.21. The minimum absolute atomic E-state index is 0.151. The molecule has 0 atom stereocenters. The average Bonchev–Trinajstić information content (AvgIpc) is 2.90. The Bertz CT molecular complexity index is 553. The van der Waals surface area contributed by atoms with E-state index in [1.54, 1.807) is 0 Å². The summed E-state index contributed by atoms with van der Waals surface area (Å²) in [4.78, 5) is 2.86. The Balaban J connectivity index is 2.01. The third-order valence-corrected chi connectivity index (χ3v) is 8.02. The molecule has 0 saturated carbocycles. The van der Waals surface area contributed by atoms with Crippen LogP contribution in [0.1, 0.15) is 11.1 Å². The molecule has 1 fully saturated rings. The van der Waals surface area contributed by atoms with Gasteiger partial charge in [0.15, 0.2) is 0 Å². The molecule has 0 aliphatic carbocycles. The third-order valence-electron chi connectivity index (χ3n) is 3.40. The third kappa shape index (κ3) is 1.50. The minimum Gasteiger partial charge on any atom is -0.134 e. The monoisotopic (exact) mass is 288 g/mol. The second kappa shape index (κ2) is 4.26. The first-order valence-corrected chi connectivity index (χ1v) is 8.84. The van der Waals surface area contributed by atoms with Crippen molar-refractivity contribution in [2.24, 2.45) is 0 Å². The Hall–Kier alpha value is -0.510. The number of hydrogen-bond acceptors (Lipinski definition) is 3. The molecule has 0 radical (unpaired) electrons. The summed E-state index contributed by atoms with van der Waals surface area (Å²) < 4.78 is 0.151. The van der Waals surface area contributed by atoms with E-state index >= 15 is 0 Å². The normalized spacial score (nSPS) is 19.6. The van der Waals surface area contributed by atoms with Gasteiger partial charge >= 0.3 is 0 Å². The Labute approximate surface area is 120 Å². The van der Waals surface area contributed by atoms with Gasteiger partial charge in [-0.15, -0.1) is 23.5 Å². The number of fused-ring (bicyclic) bond motifs is 4. The fraction of sp³-hybridized carbons (Fsp3) is 0.200. The quantitative estimate of drug-likeness (QED) is 0.681. The first-order chi connectivity index (χ1) is 8.90. The summed E-state index contributed by atoms with van der Waals surface area (Å²) in [7, 11) is 0. The lowest BCUT2D eigenvalue weighted by Crippen LogP contribution is -2.21. The minimum atomic E-state index is 0.151. The largest absolute Gasteiger partial charge is 0.134 e. The Kier molecular flexibility index (Phi) is 2.68. The maximum absolute atomic E-state index is 2.31. The van der Waals surface area contributed by atoms with Crippen LogP contribution in [-0.4, -0.2) is 11.5 Å². The number of benzene rings is 2. The van der Waals surface area contributed by atoms with Crippen LogP contribution in [-0.2, 0) is 4.08 Å². The van der Waals surface area contributed by atoms with Crippen molar-refractivity contribution in [1.29, 1.82) is 0 Å². The first-order valence-electron chi connectivity index (χ1n) is 6.05. The van der Waals surface area contributed by atoms with Gasteiger partial charge in [0.25, 0.3) is 0 Å². The van der Waals surface area contributed by atoms with Crippen molar-refractivity contribution in [3.05, 3.63) is 59.7 Å². The van der Waals surface area contributed by atoms with E-state index < -0.39 is 0 Å². The standard InChI is InChI=1S/C15H12S3/c1-3-7-13-11(5-1)15(16-9-10-17-15)12-6-2-4-8-14(12)18-13/h1-8H,9-10H2. The second-order valence-corrected chi connectivity index (χ2v) is 8.37. The highest BCUT2D eigenvalue weighted by Crippen LogP contribution is 2.62. The van der Waals surface area contributed by atoms with Crippen LogP contribution in [0.3, 0.4) is 0 Å². The van der Waals surface area contributed by atoms with Gasteiger partial charge in [0.2, 0.25) is 0 Å². The van der Waals surface area contributed by atoms with Crippen LogP contribution in [0.25, 0.3) is 0 Å². The van der Waals surface area contributed by atoms with Gasteiger partial charge < -0.3 is 0 Å². The number of hydrogen-bond donors (Lipinski definition) is 0. The lowest BCUT2D eigenvalue weighted by atomic mass is 10.0. The Morgan fingerprint density at radius 3 is 1.78 bits per heavy atom. The van der Waals surface area contributed by atoms with Gasteiger partial charge in [0.1, 0.15) is 4.08 Å². The Morgan fingerprint density at radius 1 is 0.722 bits per heavy atom. The molecular weight excluding hydrogens is 276 g/mol. The fourth-order valence-electron chi connectivity index (χ4n) is 2.64. The summed E-state index contributed by atoms with van der Waals surface area (Å²) in [5.74, 6) is 2.50. The van der Waals surface area contributed by atoms with Crippen LogP contribution in [0.5, 0.6) is 0 Å². The van der Waals surface area contributed by atoms with Crippen LogP contribution in [0, 0.1) is 0 Å². The fourth-order valence-corrected chi connectivity index (χ4v) is 7.50. The molecule has 0 aromatic heterocycles. The van der Waals surface area contributed by atoms with Crippen LogP contribution in [0.4, 0.5) is 0 Å². The smallest absolute Gasteiger partial charge is 0.113 e. The molecule has 0 amide bonds. The zero-order valence-corrected chi connectivity index (χ0v) is 12.2. The van der Waals surface area contributed by atoms with Crippen molar-refractivity contribution in [1.82, 2.24) is 0 Å². The van der Waals surface area contributed by atoms with Crippen molar-refractivity contribution >= 4 is 35.3 Å². The molecule has 90 valence electrons. The predicted octanol–water partition coefficient (Wildman–Crippen LogP) is 4.83. The van der Waals surface area contributed by atoms with Gasteiger partial charge in [0, 0.05) is 21.3 Å². The van der Waals surface area contributed by atoms with E-state index in [-0.39, 0.29) is 4.08 Å². The molecule has 1 saturated heterocycles. The topological polar surface area (TPSA) is 0 Å². The molecule has 2 aromatic carbocycles. The van der Waals surface area contributed by atoms with E-state index in [9.17, 15) is 0 Å². The summed E-state index contributed by atoms with van der Waals surface area (Å²) >= 11 is 6.12. The van der Waals surface area contributed by atoms with Gasteiger partial charge in [-0.1, -0.05) is 48.2 Å². The molecule has 0 nitrogen and oxygen atoms in total. The van der Waals surface area contributed by atoms with Crippen LogP contribution < -0.4 is 0 Å². The van der Waals surface area contributed by atoms with E-state index in [0.717, 1.165) is 0 Å². The summed E-state index contributed by atoms with van der Waals surface area (Å²) in [5, 5.41) is 0. The van der Waals surface area contributed by atoms with Crippen LogP contribution >= 0.6 is 35.3 Å². The highest BCUT2D eigenvalue weighted by Gasteiger charge is 2.44. The first kappa shape index (κ1) is 11.3. The summed E-state index contributed by atoms with van der Waals surface area (Å²) in [6.45, 7) is 0. The van der Waals surface area contributed by atoms with Crippen molar-refractivity contribution in [3.8, 4) is 0 Å². The van der Waals surface area contributed by atoms with Crippen molar-refractivity contribution in [3.63, 3.8) is 0 Å². The second-order valence-electron chi connectivity index (χ2n) is 4.41. The zero-order valence-electron chi connectivity index (χ0n) is 9.76. The zero-order chi connectivity index (χ0) is 12.0. The lowest BCUT2D eigenvalue weighted by molar-refractivity contribution is 0.976. The molecule has 1 spiro atoms. The van der Waals surface area contributed by atoms with Gasteiger partial charge in [-0.05, 0) is 23.3 Å². The molecule has 2 aliphatic rings. The molecule has 3 heteroatoms. The number of rotatable bonds is 0. The molecule has 4 rings (SSSR count). The van der Waals surface area contributed by atoms with Crippen LogP contribution in [0.15, 0.2) is 58.3 Å². The van der Waals surface area contributed by atoms with Crippen molar-refractivity contribution in [2.45, 2.75) is 13.9 Å². The van der Waals surface area contributed by atoms with E-state index in [1.165, 1.54) is 32.4 Å². The van der Waals surface area contributed by atoms with E-state index in [2.05, 4.69) is 72.1 Å². The molecule has 18 heavy (non-hydrogen) atoms. The highest BCUT2D eigenvalue weighted by atomic mass is 32.2. The molecule has 2 aliphatic heterocycles. The summed E-state index contributed by atoms with van der Waals surface area (Å²) in [5.41, 5.74) is 3.00. The molecular formula is C15H12S3. The van der Waals surface area contributed by atoms with Crippen LogP contribution in [0.2, 0.25) is 0 Å². The molecule has 0 bridgehead atoms. The molecule has 0 N–H and O–H groups in total. The molecule has 2 aromatic rings. The van der Waals surface area contributed by atoms with Gasteiger partial charge in [-0.2, -0.15) is 0 Å². The average molecular weight is 288 g/mol. The number of thioether (sulfide) groups is 2. The van der Waals surface area contributed by atoms with Crippen molar-refractivity contribution < 1.29 is 0 Å². The van der Waals surface area contributed by atoms with E-state index in [4.69, 9.17) is 0 Å². The molecule has 0 unspecified atom stereocenters. The lowest BCUT2D eigenvalue weighted by Gasteiger charge is -2.35. The Morgan fingerprint density at radius 2 is 1.22 bits per heavy atom. The van der Waals surface area contributed by atoms with Gasteiger partial charge in [-0.25, -0.2) is 0 Å². The van der Waals surface area contributed by atoms with Gasteiger partial charge in [0.05, 0.1) is 0 Å². The summed E-state index contributed by atoms with van der Waals surface area (Å²) in [6.07, 6.45) is 0. The maximum atomic E-state index is 2.31. The van der Waals surface area contributed by atoms with E-state index in [1.807, 2.05) is 11.8 Å². The SMILES string of the molecule is c1ccc2c(c1)Sc1ccccc1C21SCCS1. The summed E-state index contributed by atoms with van der Waals surface area (Å²) in [6, 6.07) is 17.8. The van der Waals surface area contributed by atoms with Gasteiger partial charge in [-0.3, -0.25) is 0 Å². The predicted molar refractivity (Wildman–Crippen MR) is 82.7 cm³/mol.